The van der Waals surface area contributed by atoms with Crippen LogP contribution in [0.15, 0.2) is 30.3 Å². The minimum atomic E-state index is -1.28. The molecule has 1 amide bonds. The van der Waals surface area contributed by atoms with Crippen LogP contribution in [0.4, 0.5) is 24.5 Å². The highest BCUT2D eigenvalue weighted by Crippen LogP contribution is 2.31. The molecule has 0 bridgehead atoms. The molecule has 1 saturated heterocycles. The van der Waals surface area contributed by atoms with Crippen molar-refractivity contribution in [3.63, 3.8) is 0 Å². The third kappa shape index (κ3) is 6.69. The fourth-order valence-electron chi connectivity index (χ4n) is 3.41. The van der Waals surface area contributed by atoms with E-state index in [-0.39, 0.29) is 30.9 Å². The van der Waals surface area contributed by atoms with Crippen LogP contribution in [0.2, 0.25) is 0 Å². The zero-order chi connectivity index (χ0) is 24.6. The van der Waals surface area contributed by atoms with E-state index in [0.29, 0.717) is 25.3 Å². The Hall–Kier alpha value is -2.62. The van der Waals surface area contributed by atoms with Gasteiger partial charge in [-0.15, -0.1) is 0 Å². The number of anilines is 2. The maximum Gasteiger partial charge on any atom is 0.256 e. The maximum atomic E-state index is 14.5. The fraction of sp³-hybridized carbons (Fsp3) is 0.458. The number of aryl methyl sites for hydroxylation is 1. The number of likely N-dealkylation sites (tertiary alicyclic amines) is 1. The van der Waals surface area contributed by atoms with Crippen molar-refractivity contribution in [2.24, 2.45) is 0 Å². The molecule has 182 valence electrons. The summed E-state index contributed by atoms with van der Waals surface area (Å²) < 4.78 is 47.8. The first-order valence-corrected chi connectivity index (χ1v) is 11.1. The second kappa shape index (κ2) is 12.0. The number of ether oxygens (including phenoxy) is 1. The molecule has 0 radical (unpaired) electrons. The lowest BCUT2D eigenvalue weighted by molar-refractivity contribution is -0.0789. The van der Waals surface area contributed by atoms with Gasteiger partial charge in [0.15, 0.2) is 11.6 Å². The van der Waals surface area contributed by atoms with Gasteiger partial charge in [-0.3, -0.25) is 4.79 Å². The van der Waals surface area contributed by atoms with Crippen LogP contribution in [0.1, 0.15) is 36.7 Å². The van der Waals surface area contributed by atoms with E-state index in [9.17, 15) is 23.1 Å². The zero-order valence-corrected chi connectivity index (χ0v) is 19.5. The average Bonchev–Trinajstić information content (AvgIpc) is 2.77. The van der Waals surface area contributed by atoms with Gasteiger partial charge in [0.2, 0.25) is 0 Å². The first-order valence-electron chi connectivity index (χ1n) is 11.1. The number of carbonyl (C=O) groups excluding carboxylic acids is 1. The number of hydrogen-bond donors (Lipinski definition) is 3. The van der Waals surface area contributed by atoms with Crippen molar-refractivity contribution < 1.29 is 27.8 Å². The van der Waals surface area contributed by atoms with Gasteiger partial charge in [-0.05, 0) is 43.7 Å². The van der Waals surface area contributed by atoms with Crippen LogP contribution in [-0.2, 0) is 4.74 Å². The first kappa shape index (κ1) is 26.6. The van der Waals surface area contributed by atoms with Crippen molar-refractivity contribution in [1.29, 1.82) is 0 Å². The maximum absolute atomic E-state index is 14.5. The normalized spacial score (nSPS) is 14.2. The average molecular weight is 468 g/mol. The number of nitrogens with one attached hydrogen (secondary N) is 2. The molecular weight excluding hydrogens is 435 g/mol. The molecule has 0 unspecified atom stereocenters. The molecule has 3 N–H and O–H groups in total. The standard InChI is InChI=1S/C22H26F3N3O3.C2H6/c1-3-31-9-8-26-11-22(30)12-28(13-22)21(29)15-5-6-16(23)19(25)20(15)27-18-7-4-14(2)10-17(18)24;1-2/h4-7,10,26-27,30H,3,8-9,11-13H2,1-2H3;1-2H3. The molecule has 2 aromatic rings. The van der Waals surface area contributed by atoms with E-state index in [1.54, 1.807) is 13.0 Å². The largest absolute Gasteiger partial charge is 0.385 e. The first-order chi connectivity index (χ1) is 15.7. The highest BCUT2D eigenvalue weighted by atomic mass is 19.2. The van der Waals surface area contributed by atoms with Crippen LogP contribution < -0.4 is 10.6 Å². The second-order valence-corrected chi connectivity index (χ2v) is 7.65. The molecule has 0 spiro atoms. The zero-order valence-electron chi connectivity index (χ0n) is 19.5. The molecule has 3 rings (SSSR count). The predicted octanol–water partition coefficient (Wildman–Crippen LogP) is 4.00. The van der Waals surface area contributed by atoms with Gasteiger partial charge in [0.05, 0.1) is 36.6 Å². The summed E-state index contributed by atoms with van der Waals surface area (Å²) in [6.45, 7) is 9.58. The lowest BCUT2D eigenvalue weighted by Gasteiger charge is -2.46. The molecule has 2 aromatic carbocycles. The Morgan fingerprint density at radius 1 is 1.15 bits per heavy atom. The Balaban J connectivity index is 0.00000187. The highest BCUT2D eigenvalue weighted by molar-refractivity contribution is 6.01. The summed E-state index contributed by atoms with van der Waals surface area (Å²) in [5.74, 6) is -3.68. The van der Waals surface area contributed by atoms with Crippen LogP contribution in [0, 0.1) is 24.4 Å². The van der Waals surface area contributed by atoms with Crippen LogP contribution in [0.5, 0.6) is 0 Å². The topological polar surface area (TPSA) is 73.8 Å². The van der Waals surface area contributed by atoms with Gasteiger partial charge in [0.25, 0.3) is 5.91 Å². The molecule has 0 saturated carbocycles. The van der Waals surface area contributed by atoms with E-state index in [4.69, 9.17) is 4.74 Å². The molecule has 9 heteroatoms. The van der Waals surface area contributed by atoms with Gasteiger partial charge >= 0.3 is 0 Å². The summed E-state index contributed by atoms with van der Waals surface area (Å²) in [7, 11) is 0. The Labute approximate surface area is 192 Å². The van der Waals surface area contributed by atoms with E-state index >= 15 is 0 Å². The third-order valence-electron chi connectivity index (χ3n) is 5.05. The molecule has 33 heavy (non-hydrogen) atoms. The van der Waals surface area contributed by atoms with Crippen molar-refractivity contribution in [3.05, 3.63) is 58.9 Å². The molecule has 1 heterocycles. The molecule has 0 aromatic heterocycles. The summed E-state index contributed by atoms with van der Waals surface area (Å²) in [5.41, 5.74) is -1.13. The lowest BCUT2D eigenvalue weighted by atomic mass is 9.92. The van der Waals surface area contributed by atoms with Crippen LogP contribution in [-0.4, -0.2) is 60.9 Å². The number of aliphatic hydroxyl groups is 1. The predicted molar refractivity (Wildman–Crippen MR) is 122 cm³/mol. The number of nitrogens with zero attached hydrogens (tertiary/aromatic N) is 1. The van der Waals surface area contributed by atoms with E-state index in [2.05, 4.69) is 10.6 Å². The van der Waals surface area contributed by atoms with E-state index in [1.165, 1.54) is 17.0 Å². The molecule has 0 atom stereocenters. The van der Waals surface area contributed by atoms with Gasteiger partial charge in [0, 0.05) is 19.7 Å². The van der Waals surface area contributed by atoms with Gasteiger partial charge in [-0.1, -0.05) is 19.9 Å². The Bertz CT molecular complexity index is 950. The SMILES string of the molecule is CC.CCOCCNCC1(O)CN(C(=O)c2ccc(F)c(F)c2Nc2ccc(C)cc2F)C1. The molecule has 1 aliphatic heterocycles. The smallest absolute Gasteiger partial charge is 0.256 e. The summed E-state index contributed by atoms with van der Waals surface area (Å²) in [6, 6.07) is 6.24. The Kier molecular flexibility index (Phi) is 9.70. The Morgan fingerprint density at radius 3 is 2.48 bits per heavy atom. The quantitative estimate of drug-likeness (QED) is 0.487. The van der Waals surface area contributed by atoms with Gasteiger partial charge in [0.1, 0.15) is 11.4 Å². The molecule has 1 aliphatic rings. The second-order valence-electron chi connectivity index (χ2n) is 7.65. The number of carbonyl (C=O) groups is 1. The number of amides is 1. The van der Waals surface area contributed by atoms with Gasteiger partial charge in [-0.25, -0.2) is 13.2 Å². The van der Waals surface area contributed by atoms with Crippen molar-refractivity contribution in [3.8, 4) is 0 Å². The van der Waals surface area contributed by atoms with Crippen molar-refractivity contribution in [1.82, 2.24) is 10.2 Å². The molecule has 6 nitrogen and oxygen atoms in total. The summed E-state index contributed by atoms with van der Waals surface area (Å²) >= 11 is 0. The fourth-order valence-corrected chi connectivity index (χ4v) is 3.41. The molecule has 0 aliphatic carbocycles. The third-order valence-corrected chi connectivity index (χ3v) is 5.05. The number of rotatable bonds is 9. The van der Waals surface area contributed by atoms with Crippen LogP contribution >= 0.6 is 0 Å². The number of β-amino-alcohol motifs (C(OH)–C–C–N with tert-alkyl or cyclic N) is 1. The number of hydrogen-bond acceptors (Lipinski definition) is 5. The van der Waals surface area contributed by atoms with Gasteiger partial charge < -0.3 is 25.4 Å². The molecular formula is C24H32F3N3O3. The minimum absolute atomic E-state index is 0.0325. The monoisotopic (exact) mass is 467 g/mol. The van der Waals surface area contributed by atoms with Crippen LogP contribution in [0.3, 0.4) is 0 Å². The number of halogens is 3. The lowest BCUT2D eigenvalue weighted by Crippen LogP contribution is -2.67. The summed E-state index contributed by atoms with van der Waals surface area (Å²) in [6.07, 6.45) is 0. The van der Waals surface area contributed by atoms with Gasteiger partial charge in [-0.2, -0.15) is 0 Å². The highest BCUT2D eigenvalue weighted by Gasteiger charge is 2.44. The minimum Gasteiger partial charge on any atom is -0.385 e. The summed E-state index contributed by atoms with van der Waals surface area (Å²) in [4.78, 5) is 14.2. The Morgan fingerprint density at radius 2 is 1.85 bits per heavy atom. The van der Waals surface area contributed by atoms with Crippen molar-refractivity contribution >= 4 is 17.3 Å². The van der Waals surface area contributed by atoms with Crippen molar-refractivity contribution in [2.75, 3.05) is 44.7 Å². The van der Waals surface area contributed by atoms with Crippen molar-refractivity contribution in [2.45, 2.75) is 33.3 Å². The summed E-state index contributed by atoms with van der Waals surface area (Å²) in [5, 5.41) is 16.1. The number of benzene rings is 2. The van der Waals surface area contributed by atoms with Crippen LogP contribution in [0.25, 0.3) is 0 Å². The van der Waals surface area contributed by atoms with E-state index in [1.807, 2.05) is 20.8 Å². The van der Waals surface area contributed by atoms with E-state index in [0.717, 1.165) is 12.1 Å². The molecule has 1 fully saturated rings. The van der Waals surface area contributed by atoms with E-state index < -0.39 is 34.6 Å².